The second kappa shape index (κ2) is 11.5. The number of primary amides is 1. The predicted octanol–water partition coefficient (Wildman–Crippen LogP) is 4.29. The van der Waals surface area contributed by atoms with E-state index >= 15 is 4.39 Å². The van der Waals surface area contributed by atoms with Gasteiger partial charge in [0.25, 0.3) is 5.91 Å². The maximum Gasteiger partial charge on any atom is 0.257 e. The Hall–Kier alpha value is -3.51. The van der Waals surface area contributed by atoms with Crippen molar-refractivity contribution in [1.82, 2.24) is 9.80 Å². The van der Waals surface area contributed by atoms with Crippen LogP contribution in [0.15, 0.2) is 36.4 Å². The summed E-state index contributed by atoms with van der Waals surface area (Å²) in [6.45, 7) is 6.12. The van der Waals surface area contributed by atoms with Crippen LogP contribution in [0.5, 0.6) is 5.75 Å². The molecule has 2 aliphatic heterocycles. The molecule has 4 rings (SSSR count). The van der Waals surface area contributed by atoms with E-state index in [0.717, 1.165) is 25.9 Å². The molecule has 2 saturated heterocycles. The van der Waals surface area contributed by atoms with Gasteiger partial charge in [-0.25, -0.2) is 8.78 Å². The molecule has 2 aromatic carbocycles. The number of alkyl halides is 1. The molecule has 0 aliphatic carbocycles. The van der Waals surface area contributed by atoms with Crippen LogP contribution in [0.1, 0.15) is 55.5 Å². The number of halogens is 2. The first-order chi connectivity index (χ1) is 18.1. The number of nitrogens with two attached hydrogens (primary N) is 1. The zero-order chi connectivity index (χ0) is 27.4. The summed E-state index contributed by atoms with van der Waals surface area (Å²) in [5.74, 6) is -0.993. The van der Waals surface area contributed by atoms with Gasteiger partial charge < -0.3 is 20.3 Å². The van der Waals surface area contributed by atoms with Gasteiger partial charge >= 0.3 is 0 Å². The summed E-state index contributed by atoms with van der Waals surface area (Å²) in [7, 11) is 0. The topological polar surface area (TPSA) is 99.7 Å². The quantitative estimate of drug-likeness (QED) is 0.555. The number of carbonyl (C=O) groups excluding carboxylic acids is 2. The Morgan fingerprint density at radius 2 is 1.87 bits per heavy atom. The fraction of sp³-hybridized carbons (Fsp3) is 0.483. The zero-order valence-electron chi connectivity index (χ0n) is 21.9. The van der Waals surface area contributed by atoms with Gasteiger partial charge in [0.2, 0.25) is 5.91 Å². The van der Waals surface area contributed by atoms with Gasteiger partial charge in [0, 0.05) is 13.1 Å². The SMILES string of the molecule is CC(C)(F)CN1CCC(COc2ccc(-c3ccc(C(=O)N4CCC[C@H]4C(N)=O)c(F)c3)c(C#N)c2)CC1. The summed E-state index contributed by atoms with van der Waals surface area (Å²) in [5.41, 5.74) is 5.36. The Morgan fingerprint density at radius 1 is 1.13 bits per heavy atom. The van der Waals surface area contributed by atoms with Crippen molar-refractivity contribution >= 4 is 11.8 Å². The lowest BCUT2D eigenvalue weighted by atomic mass is 9.96. The Kier molecular flexibility index (Phi) is 8.32. The molecular formula is C29H34F2N4O3. The normalized spacial score (nSPS) is 18.8. The lowest BCUT2D eigenvalue weighted by Crippen LogP contribution is -2.43. The number of rotatable bonds is 8. The molecule has 0 bridgehead atoms. The molecule has 1 atom stereocenters. The highest BCUT2D eigenvalue weighted by Gasteiger charge is 2.34. The van der Waals surface area contributed by atoms with Crippen molar-refractivity contribution in [1.29, 1.82) is 5.26 Å². The zero-order valence-corrected chi connectivity index (χ0v) is 21.9. The molecule has 9 heteroatoms. The minimum absolute atomic E-state index is 0.138. The molecule has 2 aromatic rings. The maximum atomic E-state index is 15.0. The van der Waals surface area contributed by atoms with Crippen LogP contribution in [0.3, 0.4) is 0 Å². The van der Waals surface area contributed by atoms with E-state index in [1.807, 2.05) is 0 Å². The van der Waals surface area contributed by atoms with E-state index in [1.54, 1.807) is 38.1 Å². The number of piperidine rings is 1. The minimum atomic E-state index is -1.21. The number of hydrogen-bond donors (Lipinski definition) is 1. The molecule has 38 heavy (non-hydrogen) atoms. The fourth-order valence-electron chi connectivity index (χ4n) is 5.33. The number of nitrogens with zero attached hydrogens (tertiary/aromatic N) is 3. The summed E-state index contributed by atoms with van der Waals surface area (Å²) in [6, 6.07) is 10.7. The van der Waals surface area contributed by atoms with E-state index in [2.05, 4.69) is 11.0 Å². The fourth-order valence-corrected chi connectivity index (χ4v) is 5.33. The third-order valence-corrected chi connectivity index (χ3v) is 7.26. The van der Waals surface area contributed by atoms with Crippen LogP contribution in [0, 0.1) is 23.1 Å². The van der Waals surface area contributed by atoms with Crippen LogP contribution < -0.4 is 10.5 Å². The number of likely N-dealkylation sites (tertiary alicyclic amines) is 2. The van der Waals surface area contributed by atoms with Crippen molar-refractivity contribution in [3.05, 3.63) is 53.3 Å². The Bertz CT molecular complexity index is 1230. The molecule has 2 heterocycles. The van der Waals surface area contributed by atoms with Gasteiger partial charge in [-0.05, 0) is 100.0 Å². The number of amides is 2. The molecule has 2 aliphatic rings. The van der Waals surface area contributed by atoms with Crippen molar-refractivity contribution in [2.75, 3.05) is 32.8 Å². The van der Waals surface area contributed by atoms with Crippen LogP contribution in [-0.4, -0.2) is 66.1 Å². The molecule has 0 unspecified atom stereocenters. The van der Waals surface area contributed by atoms with Crippen molar-refractivity contribution < 1.29 is 23.1 Å². The summed E-state index contributed by atoms with van der Waals surface area (Å²) in [6.07, 6.45) is 2.94. The van der Waals surface area contributed by atoms with E-state index in [-0.39, 0.29) is 5.56 Å². The van der Waals surface area contributed by atoms with Gasteiger partial charge in [0.05, 0.1) is 23.8 Å². The summed E-state index contributed by atoms with van der Waals surface area (Å²) < 4.78 is 34.9. The summed E-state index contributed by atoms with van der Waals surface area (Å²) in [4.78, 5) is 28.0. The van der Waals surface area contributed by atoms with Crippen LogP contribution in [0.4, 0.5) is 8.78 Å². The monoisotopic (exact) mass is 524 g/mol. The second-order valence-corrected chi connectivity index (χ2v) is 10.8. The minimum Gasteiger partial charge on any atom is -0.493 e. The van der Waals surface area contributed by atoms with Gasteiger partial charge in [-0.1, -0.05) is 6.07 Å². The van der Waals surface area contributed by atoms with Crippen molar-refractivity contribution in [2.24, 2.45) is 11.7 Å². The van der Waals surface area contributed by atoms with Gasteiger partial charge in [0.15, 0.2) is 0 Å². The summed E-state index contributed by atoms with van der Waals surface area (Å²) >= 11 is 0. The molecule has 0 spiro atoms. The number of carbonyl (C=O) groups is 2. The van der Waals surface area contributed by atoms with Crippen molar-refractivity contribution in [2.45, 2.75) is 51.2 Å². The lowest BCUT2D eigenvalue weighted by Gasteiger charge is -2.34. The van der Waals surface area contributed by atoms with E-state index in [0.29, 0.717) is 60.9 Å². The largest absolute Gasteiger partial charge is 0.493 e. The molecule has 2 amide bonds. The number of hydrogen-bond acceptors (Lipinski definition) is 5. The number of ether oxygens (including phenoxy) is 1. The van der Waals surface area contributed by atoms with Crippen LogP contribution in [0.25, 0.3) is 11.1 Å². The van der Waals surface area contributed by atoms with Gasteiger partial charge in [0.1, 0.15) is 23.3 Å². The first-order valence-electron chi connectivity index (χ1n) is 13.0. The Labute approximate surface area is 222 Å². The van der Waals surface area contributed by atoms with E-state index in [4.69, 9.17) is 10.5 Å². The molecule has 202 valence electrons. The Morgan fingerprint density at radius 3 is 2.50 bits per heavy atom. The molecular weight excluding hydrogens is 490 g/mol. The third-order valence-electron chi connectivity index (χ3n) is 7.26. The van der Waals surface area contributed by atoms with Crippen molar-refractivity contribution in [3.8, 4) is 22.9 Å². The van der Waals surface area contributed by atoms with Crippen LogP contribution in [-0.2, 0) is 4.79 Å². The highest BCUT2D eigenvalue weighted by atomic mass is 19.1. The van der Waals surface area contributed by atoms with Crippen LogP contribution in [0.2, 0.25) is 0 Å². The molecule has 7 nitrogen and oxygen atoms in total. The van der Waals surface area contributed by atoms with E-state index < -0.39 is 29.3 Å². The first-order valence-corrected chi connectivity index (χ1v) is 13.0. The molecule has 0 radical (unpaired) electrons. The van der Waals surface area contributed by atoms with Gasteiger partial charge in [-0.3, -0.25) is 9.59 Å². The standard InChI is InChI=1S/C29H34F2N4O3/c1-29(2,31)18-34-12-9-19(10-13-34)17-38-22-6-8-23(21(14-22)16-32)20-5-7-24(25(30)15-20)28(37)35-11-3-4-26(35)27(33)36/h5-8,14-15,19,26H,3-4,9-13,17-18H2,1-2H3,(H2,33,36)/t26-/m0/s1. The molecule has 0 saturated carbocycles. The lowest BCUT2D eigenvalue weighted by molar-refractivity contribution is -0.121. The van der Waals surface area contributed by atoms with Crippen LogP contribution >= 0.6 is 0 Å². The third kappa shape index (κ3) is 6.48. The number of benzene rings is 2. The highest BCUT2D eigenvalue weighted by molar-refractivity contribution is 5.98. The average Bonchev–Trinajstić information content (AvgIpc) is 3.37. The maximum absolute atomic E-state index is 15.0. The molecule has 2 fully saturated rings. The predicted molar refractivity (Wildman–Crippen MR) is 140 cm³/mol. The van der Waals surface area contributed by atoms with E-state index in [1.165, 1.54) is 17.0 Å². The Balaban J connectivity index is 1.41. The highest BCUT2D eigenvalue weighted by Crippen LogP contribution is 2.30. The smallest absolute Gasteiger partial charge is 0.257 e. The number of nitriles is 1. The van der Waals surface area contributed by atoms with Gasteiger partial charge in [-0.15, -0.1) is 0 Å². The van der Waals surface area contributed by atoms with Crippen molar-refractivity contribution in [3.63, 3.8) is 0 Å². The molecule has 2 N–H and O–H groups in total. The van der Waals surface area contributed by atoms with E-state index in [9.17, 15) is 19.2 Å². The average molecular weight is 525 g/mol. The molecule has 0 aromatic heterocycles. The summed E-state index contributed by atoms with van der Waals surface area (Å²) in [5, 5.41) is 9.74. The van der Waals surface area contributed by atoms with Gasteiger partial charge in [-0.2, -0.15) is 5.26 Å². The second-order valence-electron chi connectivity index (χ2n) is 10.8. The first kappa shape index (κ1) is 27.5.